The van der Waals surface area contributed by atoms with E-state index in [0.717, 1.165) is 49.4 Å². The first-order valence-corrected chi connectivity index (χ1v) is 7.37. The van der Waals surface area contributed by atoms with Gasteiger partial charge in [0.15, 0.2) is 11.5 Å². The second kappa shape index (κ2) is 5.26. The molecule has 1 unspecified atom stereocenters. The molecule has 0 spiro atoms. The van der Waals surface area contributed by atoms with Crippen LogP contribution in [0.15, 0.2) is 18.2 Å². The molecule has 2 fully saturated rings. The molecule has 2 aliphatic rings. The van der Waals surface area contributed by atoms with E-state index in [9.17, 15) is 5.11 Å². The quantitative estimate of drug-likeness (QED) is 0.915. The Labute approximate surface area is 120 Å². The Kier molecular flexibility index (Phi) is 3.61. The summed E-state index contributed by atoms with van der Waals surface area (Å²) in [5, 5.41) is 10.2. The monoisotopic (exact) mass is 277 g/mol. The first kappa shape index (κ1) is 13.7. The summed E-state index contributed by atoms with van der Waals surface area (Å²) >= 11 is 0. The van der Waals surface area contributed by atoms with Crippen molar-refractivity contribution in [2.75, 3.05) is 27.2 Å². The minimum atomic E-state index is -0.628. The number of nitrogens with zero attached hydrogens (tertiary/aromatic N) is 1. The van der Waals surface area contributed by atoms with E-state index in [1.165, 1.54) is 6.42 Å². The minimum absolute atomic E-state index is 0.220. The zero-order chi connectivity index (χ0) is 14.2. The van der Waals surface area contributed by atoms with Gasteiger partial charge >= 0.3 is 0 Å². The van der Waals surface area contributed by atoms with Crippen LogP contribution < -0.4 is 9.47 Å². The Hall–Kier alpha value is -1.26. The van der Waals surface area contributed by atoms with Gasteiger partial charge in [-0.3, -0.25) is 0 Å². The number of likely N-dealkylation sites (N-methyl/N-ethyl adjacent to an activating group) is 1. The summed E-state index contributed by atoms with van der Waals surface area (Å²) in [7, 11) is 3.77. The third kappa shape index (κ3) is 2.76. The molecule has 1 saturated heterocycles. The van der Waals surface area contributed by atoms with Crippen LogP contribution in [0.25, 0.3) is 0 Å². The summed E-state index contributed by atoms with van der Waals surface area (Å²) in [6.07, 6.45) is 4.14. The molecular formula is C16H23NO3. The van der Waals surface area contributed by atoms with Crippen LogP contribution >= 0.6 is 0 Å². The summed E-state index contributed by atoms with van der Waals surface area (Å²) in [5.41, 5.74) is 0.305. The molecule has 1 heterocycles. The van der Waals surface area contributed by atoms with Crippen LogP contribution in [-0.2, 0) is 5.60 Å². The highest BCUT2D eigenvalue weighted by Gasteiger charge is 2.42. The summed E-state index contributed by atoms with van der Waals surface area (Å²) in [4.78, 5) is 2.29. The van der Waals surface area contributed by atoms with Crippen molar-refractivity contribution in [2.24, 2.45) is 0 Å². The van der Waals surface area contributed by atoms with E-state index < -0.39 is 5.60 Å². The van der Waals surface area contributed by atoms with E-state index in [2.05, 4.69) is 11.9 Å². The van der Waals surface area contributed by atoms with E-state index in [4.69, 9.17) is 9.47 Å². The van der Waals surface area contributed by atoms with Crippen LogP contribution in [0.2, 0.25) is 0 Å². The molecule has 1 saturated carbocycles. The normalized spacial score (nSPS) is 25.2. The summed E-state index contributed by atoms with van der Waals surface area (Å²) in [5.74, 6) is 1.50. The molecule has 1 aromatic rings. The number of aliphatic hydroxyl groups is 1. The van der Waals surface area contributed by atoms with Crippen molar-refractivity contribution >= 4 is 0 Å². The number of hydrogen-bond acceptors (Lipinski definition) is 4. The molecule has 20 heavy (non-hydrogen) atoms. The number of ether oxygens (including phenoxy) is 2. The number of methoxy groups -OCH3 is 1. The van der Waals surface area contributed by atoms with Gasteiger partial charge in [0, 0.05) is 6.54 Å². The summed E-state index contributed by atoms with van der Waals surface area (Å²) < 4.78 is 11.5. The highest BCUT2D eigenvalue weighted by atomic mass is 16.5. The number of piperidine rings is 1. The van der Waals surface area contributed by atoms with Crippen LogP contribution in [-0.4, -0.2) is 43.4 Å². The Morgan fingerprint density at radius 2 is 2.10 bits per heavy atom. The first-order chi connectivity index (χ1) is 9.60. The highest BCUT2D eigenvalue weighted by molar-refractivity contribution is 5.46. The van der Waals surface area contributed by atoms with Crippen LogP contribution in [0.3, 0.4) is 0 Å². The van der Waals surface area contributed by atoms with Crippen LogP contribution in [0.5, 0.6) is 11.5 Å². The lowest BCUT2D eigenvalue weighted by Crippen LogP contribution is -2.38. The SMILES string of the molecule is COc1cc(C2(O)CC2)ccc1OC1CCCN(C)C1. The maximum Gasteiger partial charge on any atom is 0.161 e. The molecule has 4 nitrogen and oxygen atoms in total. The van der Waals surface area contributed by atoms with Gasteiger partial charge in [0.2, 0.25) is 0 Å². The molecular weight excluding hydrogens is 254 g/mol. The van der Waals surface area contributed by atoms with Gasteiger partial charge in [-0.25, -0.2) is 0 Å². The van der Waals surface area contributed by atoms with Gasteiger partial charge in [0.1, 0.15) is 6.10 Å². The zero-order valence-electron chi connectivity index (χ0n) is 12.3. The Bertz CT molecular complexity index is 485. The van der Waals surface area contributed by atoms with E-state index in [-0.39, 0.29) is 6.10 Å². The maximum absolute atomic E-state index is 10.2. The number of rotatable bonds is 4. The van der Waals surface area contributed by atoms with E-state index in [1.807, 2.05) is 18.2 Å². The van der Waals surface area contributed by atoms with Gasteiger partial charge in [-0.1, -0.05) is 6.07 Å². The zero-order valence-corrected chi connectivity index (χ0v) is 12.3. The first-order valence-electron chi connectivity index (χ1n) is 7.37. The van der Waals surface area contributed by atoms with Gasteiger partial charge in [0.25, 0.3) is 0 Å². The summed E-state index contributed by atoms with van der Waals surface area (Å²) in [6, 6.07) is 5.80. The molecule has 1 N–H and O–H groups in total. The fraction of sp³-hybridized carbons (Fsp3) is 0.625. The molecule has 0 aromatic heterocycles. The fourth-order valence-electron chi connectivity index (χ4n) is 2.86. The molecule has 3 rings (SSSR count). The third-order valence-electron chi connectivity index (χ3n) is 4.30. The number of hydrogen-bond donors (Lipinski definition) is 1. The second-order valence-electron chi connectivity index (χ2n) is 6.04. The highest BCUT2D eigenvalue weighted by Crippen LogP contribution is 2.47. The topological polar surface area (TPSA) is 41.9 Å². The van der Waals surface area contributed by atoms with Crippen molar-refractivity contribution in [1.29, 1.82) is 0 Å². The number of likely N-dealkylation sites (tertiary alicyclic amines) is 1. The Morgan fingerprint density at radius 3 is 2.75 bits per heavy atom. The van der Waals surface area contributed by atoms with Crippen molar-refractivity contribution < 1.29 is 14.6 Å². The van der Waals surface area contributed by atoms with Crippen LogP contribution in [0.1, 0.15) is 31.2 Å². The molecule has 110 valence electrons. The average molecular weight is 277 g/mol. The van der Waals surface area contributed by atoms with Crippen molar-refractivity contribution in [3.63, 3.8) is 0 Å². The van der Waals surface area contributed by atoms with Crippen molar-refractivity contribution in [1.82, 2.24) is 4.90 Å². The lowest BCUT2D eigenvalue weighted by Gasteiger charge is -2.30. The molecule has 1 atom stereocenters. The Morgan fingerprint density at radius 1 is 1.30 bits per heavy atom. The smallest absolute Gasteiger partial charge is 0.161 e. The molecule has 1 aromatic carbocycles. The van der Waals surface area contributed by atoms with Crippen molar-refractivity contribution in [3.05, 3.63) is 23.8 Å². The maximum atomic E-state index is 10.2. The van der Waals surface area contributed by atoms with Gasteiger partial charge in [-0.2, -0.15) is 0 Å². The van der Waals surface area contributed by atoms with E-state index >= 15 is 0 Å². The average Bonchev–Trinajstić information content (AvgIpc) is 3.18. The molecule has 0 amide bonds. The lowest BCUT2D eigenvalue weighted by molar-refractivity contribution is 0.101. The standard InChI is InChI=1S/C16H23NO3/c1-17-9-3-4-13(11-17)20-14-6-5-12(10-15(14)19-2)16(18)7-8-16/h5-6,10,13,18H,3-4,7-9,11H2,1-2H3. The second-order valence-corrected chi connectivity index (χ2v) is 6.04. The van der Waals surface area contributed by atoms with Gasteiger partial charge in [-0.05, 0) is 57.0 Å². The van der Waals surface area contributed by atoms with Gasteiger partial charge in [0.05, 0.1) is 12.7 Å². The molecule has 0 bridgehead atoms. The van der Waals surface area contributed by atoms with Crippen LogP contribution in [0.4, 0.5) is 0 Å². The number of benzene rings is 1. The predicted octanol–water partition coefficient (Wildman–Crippen LogP) is 2.15. The van der Waals surface area contributed by atoms with Crippen molar-refractivity contribution in [3.8, 4) is 11.5 Å². The molecule has 4 heteroatoms. The van der Waals surface area contributed by atoms with Gasteiger partial charge in [-0.15, -0.1) is 0 Å². The fourth-order valence-corrected chi connectivity index (χ4v) is 2.86. The lowest BCUT2D eigenvalue weighted by atomic mass is 10.1. The van der Waals surface area contributed by atoms with E-state index in [0.29, 0.717) is 0 Å². The van der Waals surface area contributed by atoms with Crippen molar-refractivity contribution in [2.45, 2.75) is 37.4 Å². The van der Waals surface area contributed by atoms with Crippen LogP contribution in [0, 0.1) is 0 Å². The third-order valence-corrected chi connectivity index (χ3v) is 4.30. The molecule has 1 aliphatic carbocycles. The molecule has 0 radical (unpaired) electrons. The largest absolute Gasteiger partial charge is 0.493 e. The van der Waals surface area contributed by atoms with Gasteiger partial charge < -0.3 is 19.5 Å². The Balaban J connectivity index is 1.75. The molecule has 1 aliphatic heterocycles. The minimum Gasteiger partial charge on any atom is -0.493 e. The predicted molar refractivity (Wildman–Crippen MR) is 77.3 cm³/mol. The summed E-state index contributed by atoms with van der Waals surface area (Å²) in [6.45, 7) is 2.10. The van der Waals surface area contributed by atoms with E-state index in [1.54, 1.807) is 7.11 Å².